The third kappa shape index (κ3) is 5.59. The van der Waals surface area contributed by atoms with Crippen LogP contribution in [-0.2, 0) is 12.7 Å². The largest absolute Gasteiger partial charge is 0.416 e. The van der Waals surface area contributed by atoms with E-state index in [0.29, 0.717) is 30.9 Å². The van der Waals surface area contributed by atoms with E-state index in [1.807, 2.05) is 0 Å². The number of hydrogen-bond donors (Lipinski definition) is 1. The number of anilines is 2. The van der Waals surface area contributed by atoms with Crippen LogP contribution in [0.15, 0.2) is 66.7 Å². The molecule has 0 unspecified atom stereocenters. The number of nitrogens with zero attached hydrogens (tertiary/aromatic N) is 2. The quantitative estimate of drug-likeness (QED) is 0.443. The molecule has 1 aliphatic rings. The van der Waals surface area contributed by atoms with E-state index in [0.717, 1.165) is 36.4 Å². The zero-order valence-corrected chi connectivity index (χ0v) is 18.3. The van der Waals surface area contributed by atoms with Gasteiger partial charge < -0.3 is 10.2 Å². The lowest BCUT2D eigenvalue weighted by Crippen LogP contribution is -2.49. The average Bonchev–Trinajstić information content (AvgIpc) is 2.82. The molecule has 182 valence electrons. The molecule has 0 saturated carbocycles. The van der Waals surface area contributed by atoms with Gasteiger partial charge in [0.1, 0.15) is 11.6 Å². The Morgan fingerprint density at radius 2 is 1.60 bits per heavy atom. The van der Waals surface area contributed by atoms with Crippen molar-refractivity contribution in [2.24, 2.45) is 0 Å². The molecule has 10 heteroatoms. The minimum atomic E-state index is -4.49. The van der Waals surface area contributed by atoms with Crippen molar-refractivity contribution in [1.29, 1.82) is 0 Å². The number of halogens is 5. The summed E-state index contributed by atoms with van der Waals surface area (Å²) in [6.45, 7) is 0.870. The second-order valence-electron chi connectivity index (χ2n) is 8.02. The highest BCUT2D eigenvalue weighted by molar-refractivity contribution is 6.04. The number of amides is 3. The van der Waals surface area contributed by atoms with Gasteiger partial charge in [0.25, 0.3) is 5.91 Å². The van der Waals surface area contributed by atoms with Crippen molar-refractivity contribution in [3.63, 3.8) is 0 Å². The monoisotopic (exact) mass is 489 g/mol. The molecule has 3 aromatic carbocycles. The molecule has 1 saturated heterocycles. The Morgan fingerprint density at radius 3 is 2.23 bits per heavy atom. The standard InChI is InChI=1S/C25H20F5N3O2/c26-19-7-4-17(22(27)14-19)15-32-12-1-13-33(24(32)35)21-10-8-20(9-11-21)31-23(34)16-2-5-18(6-3-16)25(28,29)30/h2-11,14H,1,12-13,15H2,(H,31,34). The lowest BCUT2D eigenvalue weighted by Gasteiger charge is -2.35. The first-order valence-corrected chi connectivity index (χ1v) is 10.7. The second kappa shape index (κ2) is 9.73. The Kier molecular flexibility index (Phi) is 6.72. The minimum Gasteiger partial charge on any atom is -0.322 e. The summed E-state index contributed by atoms with van der Waals surface area (Å²) in [7, 11) is 0. The van der Waals surface area contributed by atoms with Gasteiger partial charge in [0, 0.05) is 41.7 Å². The number of carbonyl (C=O) groups excluding carboxylic acids is 2. The molecule has 1 N–H and O–H groups in total. The summed E-state index contributed by atoms with van der Waals surface area (Å²) in [5.74, 6) is -1.99. The van der Waals surface area contributed by atoms with E-state index in [9.17, 15) is 31.5 Å². The Labute approximate surface area is 197 Å². The molecule has 4 rings (SSSR count). The number of hydrogen-bond acceptors (Lipinski definition) is 2. The Morgan fingerprint density at radius 1 is 0.914 bits per heavy atom. The number of benzene rings is 3. The summed E-state index contributed by atoms with van der Waals surface area (Å²) >= 11 is 0. The Bertz CT molecular complexity index is 1230. The maximum atomic E-state index is 14.0. The average molecular weight is 489 g/mol. The van der Waals surface area contributed by atoms with Crippen LogP contribution in [0.2, 0.25) is 0 Å². The van der Waals surface area contributed by atoms with Gasteiger partial charge >= 0.3 is 12.2 Å². The predicted molar refractivity (Wildman–Crippen MR) is 120 cm³/mol. The van der Waals surface area contributed by atoms with Crippen LogP contribution < -0.4 is 10.2 Å². The fourth-order valence-electron chi connectivity index (χ4n) is 3.76. The molecular weight excluding hydrogens is 469 g/mol. The van der Waals surface area contributed by atoms with E-state index in [1.165, 1.54) is 15.9 Å². The molecule has 0 atom stereocenters. The fraction of sp³-hybridized carbons (Fsp3) is 0.200. The highest BCUT2D eigenvalue weighted by atomic mass is 19.4. The van der Waals surface area contributed by atoms with Crippen LogP contribution in [0, 0.1) is 11.6 Å². The van der Waals surface area contributed by atoms with E-state index in [-0.39, 0.29) is 23.7 Å². The van der Waals surface area contributed by atoms with Crippen LogP contribution in [0.1, 0.15) is 27.9 Å². The van der Waals surface area contributed by atoms with Gasteiger partial charge in [-0.2, -0.15) is 13.2 Å². The molecular formula is C25H20F5N3O2. The fourth-order valence-corrected chi connectivity index (χ4v) is 3.76. The molecule has 0 bridgehead atoms. The molecule has 1 aliphatic heterocycles. The summed E-state index contributed by atoms with van der Waals surface area (Å²) in [6, 6.07) is 13.2. The molecule has 1 fully saturated rings. The molecule has 0 aromatic heterocycles. The first-order valence-electron chi connectivity index (χ1n) is 10.7. The molecule has 0 spiro atoms. The Balaban J connectivity index is 1.41. The molecule has 5 nitrogen and oxygen atoms in total. The smallest absolute Gasteiger partial charge is 0.322 e. The zero-order valence-electron chi connectivity index (χ0n) is 18.3. The van der Waals surface area contributed by atoms with Crippen molar-refractivity contribution >= 4 is 23.3 Å². The van der Waals surface area contributed by atoms with Gasteiger partial charge in [0.2, 0.25) is 0 Å². The first-order chi connectivity index (χ1) is 16.6. The highest BCUT2D eigenvalue weighted by Gasteiger charge is 2.30. The minimum absolute atomic E-state index is 0.00269. The highest BCUT2D eigenvalue weighted by Crippen LogP contribution is 2.29. The lowest BCUT2D eigenvalue weighted by molar-refractivity contribution is -0.137. The number of rotatable bonds is 5. The van der Waals surface area contributed by atoms with E-state index in [4.69, 9.17) is 0 Å². The van der Waals surface area contributed by atoms with Crippen LogP contribution in [0.3, 0.4) is 0 Å². The van der Waals surface area contributed by atoms with Crippen molar-refractivity contribution in [2.45, 2.75) is 19.1 Å². The van der Waals surface area contributed by atoms with Gasteiger partial charge in [-0.25, -0.2) is 13.6 Å². The maximum Gasteiger partial charge on any atom is 0.416 e. The summed E-state index contributed by atoms with van der Waals surface area (Å²) in [5, 5.41) is 2.60. The topological polar surface area (TPSA) is 52.7 Å². The third-order valence-corrected chi connectivity index (χ3v) is 5.60. The van der Waals surface area contributed by atoms with Crippen molar-refractivity contribution in [1.82, 2.24) is 4.90 Å². The van der Waals surface area contributed by atoms with Crippen molar-refractivity contribution in [2.75, 3.05) is 23.3 Å². The van der Waals surface area contributed by atoms with Crippen molar-refractivity contribution < 1.29 is 31.5 Å². The molecule has 35 heavy (non-hydrogen) atoms. The SMILES string of the molecule is O=C(Nc1ccc(N2CCCN(Cc3ccc(F)cc3F)C2=O)cc1)c1ccc(C(F)(F)F)cc1. The van der Waals surface area contributed by atoms with E-state index in [1.54, 1.807) is 24.3 Å². The maximum absolute atomic E-state index is 14.0. The number of urea groups is 1. The first kappa shape index (κ1) is 24.2. The lowest BCUT2D eigenvalue weighted by atomic mass is 10.1. The van der Waals surface area contributed by atoms with Crippen LogP contribution in [0.25, 0.3) is 0 Å². The van der Waals surface area contributed by atoms with E-state index in [2.05, 4.69) is 5.32 Å². The van der Waals surface area contributed by atoms with Gasteiger partial charge in [-0.15, -0.1) is 0 Å². The van der Waals surface area contributed by atoms with Crippen LogP contribution in [-0.4, -0.2) is 29.9 Å². The summed E-state index contributed by atoms with van der Waals surface area (Å²) < 4.78 is 65.2. The van der Waals surface area contributed by atoms with Crippen LogP contribution in [0.5, 0.6) is 0 Å². The van der Waals surface area contributed by atoms with E-state index >= 15 is 0 Å². The van der Waals surface area contributed by atoms with Gasteiger partial charge in [-0.3, -0.25) is 9.69 Å². The third-order valence-electron chi connectivity index (χ3n) is 5.60. The van der Waals surface area contributed by atoms with Gasteiger partial charge in [0.05, 0.1) is 12.1 Å². The summed E-state index contributed by atoms with van der Waals surface area (Å²) in [5.41, 5.74) is 0.390. The Hall–Kier alpha value is -3.95. The number of alkyl halides is 3. The van der Waals surface area contributed by atoms with Gasteiger partial charge in [-0.1, -0.05) is 6.07 Å². The molecule has 3 aromatic rings. The van der Waals surface area contributed by atoms with Gasteiger partial charge in [0.15, 0.2) is 0 Å². The van der Waals surface area contributed by atoms with Crippen LogP contribution >= 0.6 is 0 Å². The van der Waals surface area contributed by atoms with Crippen LogP contribution in [0.4, 0.5) is 38.1 Å². The number of carbonyl (C=O) groups is 2. The molecule has 0 radical (unpaired) electrons. The van der Waals surface area contributed by atoms with Gasteiger partial charge in [-0.05, 0) is 61.0 Å². The summed E-state index contributed by atoms with van der Waals surface area (Å²) in [4.78, 5) is 28.3. The molecule has 1 heterocycles. The normalized spacial score (nSPS) is 14.3. The zero-order chi connectivity index (χ0) is 25.2. The molecule has 3 amide bonds. The second-order valence-corrected chi connectivity index (χ2v) is 8.02. The van der Waals surface area contributed by atoms with Crippen molar-refractivity contribution in [3.05, 3.63) is 95.1 Å². The van der Waals surface area contributed by atoms with E-state index < -0.39 is 29.3 Å². The molecule has 0 aliphatic carbocycles. The number of nitrogens with one attached hydrogen (secondary N) is 1. The summed E-state index contributed by atoms with van der Waals surface area (Å²) in [6.07, 6.45) is -3.85. The predicted octanol–water partition coefficient (Wildman–Crippen LogP) is 6.07. The van der Waals surface area contributed by atoms with Crippen molar-refractivity contribution in [3.8, 4) is 0 Å².